The number of nitrogens with zero attached hydrogens (tertiary/aromatic N) is 1. The number of rotatable bonds is 6. The molecule has 1 unspecified atom stereocenters. The molecule has 0 amide bonds. The molecule has 1 aliphatic rings. The van der Waals surface area contributed by atoms with Gasteiger partial charge in [0.25, 0.3) is 0 Å². The van der Waals surface area contributed by atoms with Crippen molar-refractivity contribution in [2.75, 3.05) is 13.7 Å². The van der Waals surface area contributed by atoms with E-state index in [0.717, 1.165) is 25.2 Å². The van der Waals surface area contributed by atoms with Gasteiger partial charge in [-0.05, 0) is 50.4 Å². The lowest BCUT2D eigenvalue weighted by molar-refractivity contribution is 0.317. The third-order valence-electron chi connectivity index (χ3n) is 3.83. The SMILES string of the molecule is CCCOc1ccc(C(NC)c2nc3c(s2)CCC3)cc1. The van der Waals surface area contributed by atoms with Crippen LogP contribution in [0.4, 0.5) is 0 Å². The third kappa shape index (κ3) is 3.11. The molecule has 0 radical (unpaired) electrons. The first-order valence-corrected chi connectivity index (χ1v) is 8.52. The van der Waals surface area contributed by atoms with Gasteiger partial charge in [-0.3, -0.25) is 0 Å². The molecule has 3 nitrogen and oxygen atoms in total. The largest absolute Gasteiger partial charge is 0.494 e. The van der Waals surface area contributed by atoms with E-state index >= 15 is 0 Å². The Bertz CT molecular complexity index is 570. The number of fused-ring (bicyclic) bond motifs is 1. The smallest absolute Gasteiger partial charge is 0.119 e. The summed E-state index contributed by atoms with van der Waals surface area (Å²) in [6, 6.07) is 8.56. The molecule has 1 N–H and O–H groups in total. The molecule has 1 aromatic heterocycles. The fraction of sp³-hybridized carbons (Fsp3) is 0.471. The van der Waals surface area contributed by atoms with Crippen molar-refractivity contribution in [3.8, 4) is 5.75 Å². The van der Waals surface area contributed by atoms with Crippen molar-refractivity contribution in [1.82, 2.24) is 10.3 Å². The Hall–Kier alpha value is -1.39. The molecule has 2 aromatic rings. The van der Waals surface area contributed by atoms with Crippen LogP contribution in [0.1, 0.15) is 46.9 Å². The minimum atomic E-state index is 0.181. The van der Waals surface area contributed by atoms with Gasteiger partial charge in [0.2, 0.25) is 0 Å². The molecule has 0 fully saturated rings. The summed E-state index contributed by atoms with van der Waals surface area (Å²) in [5, 5.41) is 4.58. The maximum atomic E-state index is 5.65. The molecule has 1 aromatic carbocycles. The molecule has 0 saturated heterocycles. The standard InChI is InChI=1S/C17H22N2OS/c1-3-11-20-13-9-7-12(8-10-13)16(18-2)17-19-14-5-4-6-15(14)21-17/h7-10,16,18H,3-6,11H2,1-2H3. The number of nitrogens with one attached hydrogen (secondary N) is 1. The second-order valence-corrected chi connectivity index (χ2v) is 6.53. The summed E-state index contributed by atoms with van der Waals surface area (Å²) >= 11 is 1.86. The van der Waals surface area contributed by atoms with E-state index in [0.29, 0.717) is 0 Å². The maximum absolute atomic E-state index is 5.65. The van der Waals surface area contributed by atoms with Gasteiger partial charge < -0.3 is 10.1 Å². The molecule has 4 heteroatoms. The predicted molar refractivity (Wildman–Crippen MR) is 87.3 cm³/mol. The van der Waals surface area contributed by atoms with E-state index in [2.05, 4.69) is 36.5 Å². The lowest BCUT2D eigenvalue weighted by Crippen LogP contribution is -2.17. The molecule has 21 heavy (non-hydrogen) atoms. The summed E-state index contributed by atoms with van der Waals surface area (Å²) in [4.78, 5) is 6.31. The Labute approximate surface area is 130 Å². The Morgan fingerprint density at radius 1 is 1.29 bits per heavy atom. The molecule has 1 heterocycles. The number of hydrogen-bond acceptors (Lipinski definition) is 4. The van der Waals surface area contributed by atoms with Crippen molar-refractivity contribution in [1.29, 1.82) is 0 Å². The van der Waals surface area contributed by atoms with E-state index in [1.54, 1.807) is 0 Å². The van der Waals surface area contributed by atoms with Crippen molar-refractivity contribution in [2.45, 2.75) is 38.6 Å². The van der Waals surface area contributed by atoms with Crippen LogP contribution >= 0.6 is 11.3 Å². The van der Waals surface area contributed by atoms with Crippen LogP contribution in [0.15, 0.2) is 24.3 Å². The van der Waals surface area contributed by atoms with Gasteiger partial charge in [0, 0.05) is 4.88 Å². The first-order chi connectivity index (χ1) is 10.3. The molecular formula is C17H22N2OS. The molecule has 0 bridgehead atoms. The highest BCUT2D eigenvalue weighted by molar-refractivity contribution is 7.11. The van der Waals surface area contributed by atoms with Crippen LogP contribution in [0.3, 0.4) is 0 Å². The number of thiazole rings is 1. The molecular weight excluding hydrogens is 280 g/mol. The van der Waals surface area contributed by atoms with Crippen LogP contribution in [0.5, 0.6) is 5.75 Å². The van der Waals surface area contributed by atoms with Crippen LogP contribution in [-0.4, -0.2) is 18.6 Å². The Kier molecular flexibility index (Phi) is 4.56. The summed E-state index contributed by atoms with van der Waals surface area (Å²) in [5.41, 5.74) is 2.56. The van der Waals surface area contributed by atoms with Crippen LogP contribution < -0.4 is 10.1 Å². The van der Waals surface area contributed by atoms with E-state index in [9.17, 15) is 0 Å². The molecule has 1 aliphatic carbocycles. The lowest BCUT2D eigenvalue weighted by Gasteiger charge is -2.15. The monoisotopic (exact) mass is 302 g/mol. The van der Waals surface area contributed by atoms with Crippen LogP contribution in [0.2, 0.25) is 0 Å². The zero-order valence-corrected chi connectivity index (χ0v) is 13.5. The number of hydrogen-bond donors (Lipinski definition) is 1. The van der Waals surface area contributed by atoms with Crippen LogP contribution in [0, 0.1) is 0 Å². The second kappa shape index (κ2) is 6.58. The molecule has 0 spiro atoms. The average Bonchev–Trinajstić information content (AvgIpc) is 3.09. The van der Waals surface area contributed by atoms with E-state index in [4.69, 9.17) is 9.72 Å². The minimum absolute atomic E-state index is 0.181. The predicted octanol–water partition coefficient (Wildman–Crippen LogP) is 3.73. The van der Waals surface area contributed by atoms with Gasteiger partial charge in [-0.2, -0.15) is 0 Å². The van der Waals surface area contributed by atoms with Gasteiger partial charge in [0.15, 0.2) is 0 Å². The molecule has 0 saturated carbocycles. The molecule has 0 aliphatic heterocycles. The lowest BCUT2D eigenvalue weighted by atomic mass is 10.1. The summed E-state index contributed by atoms with van der Waals surface area (Å²) < 4.78 is 5.65. The normalized spacial score (nSPS) is 15.0. The molecule has 1 atom stereocenters. The van der Waals surface area contributed by atoms with Crippen LogP contribution in [0.25, 0.3) is 0 Å². The van der Waals surface area contributed by atoms with Gasteiger partial charge in [0.05, 0.1) is 18.3 Å². The number of benzene rings is 1. The third-order valence-corrected chi connectivity index (χ3v) is 5.06. The zero-order valence-electron chi connectivity index (χ0n) is 12.7. The fourth-order valence-electron chi connectivity index (χ4n) is 2.74. The van der Waals surface area contributed by atoms with Crippen molar-refractivity contribution < 1.29 is 4.74 Å². The van der Waals surface area contributed by atoms with Gasteiger partial charge in [-0.15, -0.1) is 11.3 Å². The fourth-order valence-corrected chi connectivity index (χ4v) is 4.03. The number of aryl methyl sites for hydroxylation is 2. The second-order valence-electron chi connectivity index (χ2n) is 5.41. The van der Waals surface area contributed by atoms with Crippen LogP contribution in [-0.2, 0) is 12.8 Å². The number of ether oxygens (including phenoxy) is 1. The van der Waals surface area contributed by atoms with Gasteiger partial charge in [0.1, 0.15) is 10.8 Å². The number of aromatic nitrogens is 1. The van der Waals surface area contributed by atoms with Crippen molar-refractivity contribution >= 4 is 11.3 Å². The Morgan fingerprint density at radius 2 is 2.10 bits per heavy atom. The highest BCUT2D eigenvalue weighted by atomic mass is 32.1. The van der Waals surface area contributed by atoms with E-state index in [1.165, 1.54) is 34.0 Å². The Balaban J connectivity index is 1.78. The molecule has 112 valence electrons. The highest BCUT2D eigenvalue weighted by Gasteiger charge is 2.22. The summed E-state index contributed by atoms with van der Waals surface area (Å²) in [7, 11) is 2.00. The minimum Gasteiger partial charge on any atom is -0.494 e. The zero-order chi connectivity index (χ0) is 14.7. The topological polar surface area (TPSA) is 34.1 Å². The summed E-state index contributed by atoms with van der Waals surface area (Å²) in [6.07, 6.45) is 4.65. The summed E-state index contributed by atoms with van der Waals surface area (Å²) in [6.45, 7) is 2.89. The quantitative estimate of drug-likeness (QED) is 0.883. The highest BCUT2D eigenvalue weighted by Crippen LogP contribution is 2.33. The average molecular weight is 302 g/mol. The Morgan fingerprint density at radius 3 is 2.76 bits per heavy atom. The van der Waals surface area contributed by atoms with Gasteiger partial charge in [-0.1, -0.05) is 19.1 Å². The maximum Gasteiger partial charge on any atom is 0.119 e. The molecule has 3 rings (SSSR count). The van der Waals surface area contributed by atoms with E-state index in [1.807, 2.05) is 18.4 Å². The first-order valence-electron chi connectivity index (χ1n) is 7.70. The van der Waals surface area contributed by atoms with E-state index in [-0.39, 0.29) is 6.04 Å². The van der Waals surface area contributed by atoms with Gasteiger partial charge in [-0.25, -0.2) is 4.98 Å². The van der Waals surface area contributed by atoms with Crippen molar-refractivity contribution in [2.24, 2.45) is 0 Å². The van der Waals surface area contributed by atoms with Crippen molar-refractivity contribution in [3.63, 3.8) is 0 Å². The van der Waals surface area contributed by atoms with Gasteiger partial charge >= 0.3 is 0 Å². The first kappa shape index (κ1) is 14.5. The summed E-state index contributed by atoms with van der Waals surface area (Å²) in [5.74, 6) is 0.942. The van der Waals surface area contributed by atoms with Crippen molar-refractivity contribution in [3.05, 3.63) is 45.4 Å². The van der Waals surface area contributed by atoms with E-state index < -0.39 is 0 Å².